The van der Waals surface area contributed by atoms with Crippen LogP contribution in [0.4, 0.5) is 0 Å². The lowest BCUT2D eigenvalue weighted by atomic mass is 9.87. The van der Waals surface area contributed by atoms with Gasteiger partial charge in [-0.1, -0.05) is 29.8 Å². The van der Waals surface area contributed by atoms with Gasteiger partial charge in [-0.2, -0.15) is 0 Å². The lowest BCUT2D eigenvalue weighted by molar-refractivity contribution is -0.348. The standard InChI is InChI=1S/C36H61ClO8Si4/c1-46(2,3)41-25-32-33(43-47(4,5)6)34(44-48(7,8)9)35(45-49(10,11)12)36(38,42-32)28-15-20-31(37)27(24-28)23-26-13-16-29(17-14-26)39-21-22-40-30-18-19-30/h13-17,20,24,30,32-35,38H,18-19,21-23,25H2,1-12H3/t32-,33-,34+,35-,36?/m1/s1. The molecule has 1 saturated heterocycles. The van der Waals surface area contributed by atoms with E-state index in [1.165, 1.54) is 0 Å². The predicted octanol–water partition coefficient (Wildman–Crippen LogP) is 8.54. The molecule has 49 heavy (non-hydrogen) atoms. The number of ether oxygens (including phenoxy) is 3. The molecule has 13 heteroatoms. The zero-order valence-electron chi connectivity index (χ0n) is 31.9. The topological polar surface area (TPSA) is 84.8 Å². The minimum atomic E-state index is -2.27. The lowest BCUT2D eigenvalue weighted by Crippen LogP contribution is -2.69. The molecule has 0 amide bonds. The van der Waals surface area contributed by atoms with Crippen molar-refractivity contribution in [1.29, 1.82) is 0 Å². The Bertz CT molecular complexity index is 1370. The number of hydrogen-bond acceptors (Lipinski definition) is 8. The minimum absolute atomic E-state index is 0.278. The third-order valence-electron chi connectivity index (χ3n) is 7.85. The van der Waals surface area contributed by atoms with Gasteiger partial charge in [0, 0.05) is 10.6 Å². The highest BCUT2D eigenvalue weighted by Gasteiger charge is 2.59. The summed E-state index contributed by atoms with van der Waals surface area (Å²) in [6, 6.07) is 13.7. The van der Waals surface area contributed by atoms with Gasteiger partial charge in [-0.15, -0.1) is 0 Å². The number of rotatable bonds is 17. The van der Waals surface area contributed by atoms with Crippen molar-refractivity contribution >= 4 is 44.9 Å². The fourth-order valence-corrected chi connectivity index (χ4v) is 9.83. The first-order valence-corrected chi connectivity index (χ1v) is 31.7. The van der Waals surface area contributed by atoms with Crippen molar-refractivity contribution in [3.05, 3.63) is 64.2 Å². The Hall–Kier alpha value is -0.882. The van der Waals surface area contributed by atoms with Gasteiger partial charge in [-0.05, 0) is 133 Å². The summed E-state index contributed by atoms with van der Waals surface area (Å²) in [5.41, 5.74) is 2.50. The Morgan fingerprint density at radius 3 is 1.90 bits per heavy atom. The van der Waals surface area contributed by atoms with Gasteiger partial charge in [0.1, 0.15) is 36.8 Å². The van der Waals surface area contributed by atoms with Crippen LogP contribution in [0.1, 0.15) is 29.5 Å². The molecule has 8 nitrogen and oxygen atoms in total. The van der Waals surface area contributed by atoms with Gasteiger partial charge in [0.25, 0.3) is 0 Å². The molecule has 0 bridgehead atoms. The van der Waals surface area contributed by atoms with Gasteiger partial charge in [0.2, 0.25) is 5.79 Å². The molecular weight excluding hydrogens is 708 g/mol. The Morgan fingerprint density at radius 2 is 1.35 bits per heavy atom. The number of aliphatic hydroxyl groups is 1. The third kappa shape index (κ3) is 12.9. The summed E-state index contributed by atoms with van der Waals surface area (Å²) in [4.78, 5) is 0. The average Bonchev–Trinajstić information content (AvgIpc) is 3.78. The molecule has 1 aliphatic heterocycles. The van der Waals surface area contributed by atoms with Crippen LogP contribution in [0, 0.1) is 0 Å². The molecule has 0 radical (unpaired) electrons. The van der Waals surface area contributed by atoms with E-state index >= 15 is 0 Å². The molecule has 2 aromatic rings. The van der Waals surface area contributed by atoms with Gasteiger partial charge in [-0.3, -0.25) is 0 Å². The monoisotopic (exact) mass is 768 g/mol. The molecule has 0 aromatic heterocycles. The van der Waals surface area contributed by atoms with Crippen LogP contribution in [-0.2, 0) is 39.4 Å². The van der Waals surface area contributed by atoms with Crippen molar-refractivity contribution in [2.24, 2.45) is 0 Å². The van der Waals surface area contributed by atoms with E-state index < -0.39 is 63.5 Å². The average molecular weight is 770 g/mol. The number of benzene rings is 2. The zero-order valence-corrected chi connectivity index (χ0v) is 36.6. The van der Waals surface area contributed by atoms with E-state index in [9.17, 15) is 5.11 Å². The molecule has 0 spiro atoms. The third-order valence-corrected chi connectivity index (χ3v) is 12.2. The minimum Gasteiger partial charge on any atom is -0.491 e. The molecule has 4 rings (SSSR count). The summed E-state index contributed by atoms with van der Waals surface area (Å²) in [5.74, 6) is -1.05. The van der Waals surface area contributed by atoms with Gasteiger partial charge in [0.05, 0.1) is 19.3 Å². The van der Waals surface area contributed by atoms with E-state index in [4.69, 9.17) is 43.5 Å². The molecule has 5 atom stereocenters. The normalized spacial score (nSPS) is 25.4. The summed E-state index contributed by atoms with van der Waals surface area (Å²) in [7, 11) is -8.52. The Morgan fingerprint density at radius 1 is 0.755 bits per heavy atom. The number of halogens is 1. The first-order chi connectivity index (χ1) is 22.5. The fourth-order valence-electron chi connectivity index (χ4n) is 5.75. The quantitative estimate of drug-likeness (QED) is 0.127. The van der Waals surface area contributed by atoms with E-state index in [1.807, 2.05) is 42.5 Å². The van der Waals surface area contributed by atoms with Crippen molar-refractivity contribution < 1.29 is 37.0 Å². The summed E-state index contributed by atoms with van der Waals surface area (Å²) < 4.78 is 45.7. The Balaban J connectivity index is 1.70. The summed E-state index contributed by atoms with van der Waals surface area (Å²) in [6.45, 7) is 27.2. The smallest absolute Gasteiger partial charge is 0.221 e. The summed E-state index contributed by atoms with van der Waals surface area (Å²) in [6.07, 6.45) is 0.793. The Kier molecular flexibility index (Phi) is 13.4. The predicted molar refractivity (Wildman–Crippen MR) is 208 cm³/mol. The van der Waals surface area contributed by atoms with E-state index in [0.717, 1.165) is 29.7 Å². The second kappa shape index (κ2) is 16.0. The molecule has 1 heterocycles. The SMILES string of the molecule is C[Si](C)(C)OC[C@H]1OC(O)(c2ccc(Cl)c(Cc3ccc(OCCOC4CC4)cc3)c2)[C@H](O[Si](C)(C)C)[C@@H](O[Si](C)(C)C)[C@@H]1O[Si](C)(C)C. The largest absolute Gasteiger partial charge is 0.491 e. The molecule has 2 aromatic carbocycles. The van der Waals surface area contributed by atoms with Crippen LogP contribution < -0.4 is 4.74 Å². The second-order valence-corrected chi connectivity index (χ2v) is 35.7. The first kappa shape index (κ1) is 40.9. The maximum absolute atomic E-state index is 13.0. The molecule has 1 N–H and O–H groups in total. The molecule has 276 valence electrons. The van der Waals surface area contributed by atoms with E-state index in [2.05, 4.69) is 78.6 Å². The molecule has 1 unspecified atom stereocenters. The fraction of sp³-hybridized carbons (Fsp3) is 0.667. The highest BCUT2D eigenvalue weighted by Crippen LogP contribution is 2.44. The summed E-state index contributed by atoms with van der Waals surface area (Å²) >= 11 is 6.82. The van der Waals surface area contributed by atoms with Crippen molar-refractivity contribution in [3.8, 4) is 5.75 Å². The molecule has 2 aliphatic rings. The van der Waals surface area contributed by atoms with Crippen LogP contribution in [-0.4, -0.2) is 88.7 Å². The molecule has 1 saturated carbocycles. The number of hydrogen-bond donors (Lipinski definition) is 1. The summed E-state index contributed by atoms with van der Waals surface area (Å²) in [5, 5.41) is 13.6. The van der Waals surface area contributed by atoms with Crippen LogP contribution in [0.5, 0.6) is 5.75 Å². The van der Waals surface area contributed by atoms with Crippen LogP contribution in [0.2, 0.25) is 83.6 Å². The van der Waals surface area contributed by atoms with Crippen molar-refractivity contribution in [3.63, 3.8) is 0 Å². The maximum atomic E-state index is 13.0. The molecule has 1 aliphatic carbocycles. The van der Waals surface area contributed by atoms with E-state index in [0.29, 0.717) is 36.3 Å². The van der Waals surface area contributed by atoms with Crippen molar-refractivity contribution in [2.75, 3.05) is 19.8 Å². The van der Waals surface area contributed by atoms with E-state index in [1.54, 1.807) is 0 Å². The van der Waals surface area contributed by atoms with E-state index in [-0.39, 0.29) is 6.61 Å². The van der Waals surface area contributed by atoms with Crippen LogP contribution in [0.25, 0.3) is 0 Å². The second-order valence-electron chi connectivity index (χ2n) is 17.4. The molecule has 2 fully saturated rings. The van der Waals surface area contributed by atoms with Crippen LogP contribution in [0.15, 0.2) is 42.5 Å². The maximum Gasteiger partial charge on any atom is 0.221 e. The zero-order chi connectivity index (χ0) is 36.4. The van der Waals surface area contributed by atoms with Gasteiger partial charge in [-0.25, -0.2) is 0 Å². The van der Waals surface area contributed by atoms with Crippen LogP contribution in [0.3, 0.4) is 0 Å². The van der Waals surface area contributed by atoms with Crippen LogP contribution >= 0.6 is 11.6 Å². The van der Waals surface area contributed by atoms with Gasteiger partial charge >= 0.3 is 0 Å². The van der Waals surface area contributed by atoms with Gasteiger partial charge < -0.3 is 37.0 Å². The van der Waals surface area contributed by atoms with Crippen molar-refractivity contribution in [2.45, 2.75) is 134 Å². The molecular formula is C36H61ClO8Si4. The Labute approximate surface area is 304 Å². The highest BCUT2D eigenvalue weighted by atomic mass is 35.5. The van der Waals surface area contributed by atoms with Crippen molar-refractivity contribution in [1.82, 2.24) is 0 Å². The lowest BCUT2D eigenvalue weighted by Gasteiger charge is -2.54. The highest BCUT2D eigenvalue weighted by molar-refractivity contribution is 6.71. The van der Waals surface area contributed by atoms with Gasteiger partial charge in [0.15, 0.2) is 33.3 Å². The first-order valence-electron chi connectivity index (χ1n) is 17.7.